The van der Waals surface area contributed by atoms with Gasteiger partial charge in [-0.3, -0.25) is 9.59 Å². The van der Waals surface area contributed by atoms with Crippen LogP contribution < -0.4 is 10.6 Å². The molecule has 8 atom stereocenters. The van der Waals surface area contributed by atoms with Gasteiger partial charge in [0, 0.05) is 55.9 Å². The molecule has 16 nitrogen and oxygen atoms in total. The molecule has 0 aliphatic carbocycles. The van der Waals surface area contributed by atoms with Crippen molar-refractivity contribution in [3.05, 3.63) is 119 Å². The number of rotatable bonds is 17. The standard InChI is InChI=1S/C68H68N6O10/c1-65-67(79,63(77)81-3)35-47(83-65)71-43-31-21-17-25-37(43)51-55-53(49-39-27-19-23-33-45(39)73(65)59(49)57(51)71)41(69-61(55)75)29-15-13-11-9-7-5-6-8-10-12-14-16-30-42-54-50-40-28-20-24-34-46(40)74-60(50)58-52(56(54)62(76)70-42)38-26-18-22-32-44(38)72(58)48-36-68(80,64(78)82-4)66(74,2)84-48/h17-28,31-34,41-42,47-48,79-80H,5-16,29-30,35-36H2,1-4H3,(H,69,75)(H,70,76)/t41-,42-,47+,48+,65-,66-,67-,68-/m0/s1. The molecular weight excluding hydrogens is 1060 g/mol. The number of hydrogen-bond acceptors (Lipinski definition) is 10. The van der Waals surface area contributed by atoms with E-state index in [0.29, 0.717) is 11.1 Å². The second kappa shape index (κ2) is 18.4. The largest absolute Gasteiger partial charge is 0.467 e. The van der Waals surface area contributed by atoms with Gasteiger partial charge in [-0.1, -0.05) is 150 Å². The predicted molar refractivity (Wildman–Crippen MR) is 321 cm³/mol. The van der Waals surface area contributed by atoms with E-state index in [1.165, 1.54) is 52.7 Å². The average Bonchev–Trinajstić information content (AvgIpc) is 1.56. The number of para-hydroxylation sites is 4. The maximum Gasteiger partial charge on any atom is 0.343 e. The summed E-state index contributed by atoms with van der Waals surface area (Å²) in [6.45, 7) is 3.58. The molecule has 2 saturated heterocycles. The summed E-state index contributed by atoms with van der Waals surface area (Å²) in [7, 11) is 2.60. The number of amides is 2. The molecule has 84 heavy (non-hydrogen) atoms. The highest BCUT2D eigenvalue weighted by Gasteiger charge is 2.67. The van der Waals surface area contributed by atoms with Crippen molar-refractivity contribution in [1.82, 2.24) is 28.9 Å². The molecule has 2 fully saturated rings. The first kappa shape index (κ1) is 51.8. The first-order chi connectivity index (χ1) is 40.8. The van der Waals surface area contributed by atoms with Gasteiger partial charge in [0.15, 0.2) is 11.4 Å². The second-order valence-electron chi connectivity index (χ2n) is 25.0. The second-order valence-corrected chi connectivity index (χ2v) is 25.0. The Bertz CT molecular complexity index is 4260. The molecule has 4 bridgehead atoms. The number of esters is 2. The van der Waals surface area contributed by atoms with Crippen LogP contribution in [0.1, 0.15) is 173 Å². The maximum absolute atomic E-state index is 14.5. The SMILES string of the molecule is COC(=O)[C@@]1(O)C[C@H]2O[C@]1(C)n1c3ccccc3c3c4c(c5c6ccccc6n2c5c31)C(=O)N[C@H]4CCCCCCCCCCCCCC[C@@H]1NC(=O)c2c1c1c3ccccc3n3c1c1c2c2ccccc2n1[C@H]1C[C@](O)(C(=O)OC)[C@]3(C)O1. The Morgan fingerprint density at radius 1 is 0.488 bits per heavy atom. The van der Waals surface area contributed by atoms with E-state index in [2.05, 4.69) is 44.0 Å². The molecule has 16 rings (SSSR count). The van der Waals surface area contributed by atoms with Crippen LogP contribution in [-0.2, 0) is 40.0 Å². The van der Waals surface area contributed by atoms with Crippen molar-refractivity contribution in [3.63, 3.8) is 0 Å². The molecule has 6 aliphatic heterocycles. The first-order valence-electron chi connectivity index (χ1n) is 30.4. The van der Waals surface area contributed by atoms with Gasteiger partial charge in [-0.05, 0) is 62.1 Å². The van der Waals surface area contributed by atoms with E-state index in [-0.39, 0.29) is 36.7 Å². The van der Waals surface area contributed by atoms with Gasteiger partial charge in [0.2, 0.25) is 11.2 Å². The van der Waals surface area contributed by atoms with Gasteiger partial charge < -0.3 is 58.1 Å². The number of fused-ring (bicyclic) bond motifs is 26. The lowest BCUT2D eigenvalue weighted by Gasteiger charge is -2.37. The molecule has 0 spiro atoms. The molecule has 6 aliphatic rings. The summed E-state index contributed by atoms with van der Waals surface area (Å²) in [6.07, 6.45) is 13.6. The normalized spacial score (nSPS) is 26.3. The average molecular weight is 1130 g/mol. The number of carbonyl (C=O) groups is 4. The van der Waals surface area contributed by atoms with E-state index in [0.717, 1.165) is 150 Å². The Balaban J connectivity index is 0.571. The van der Waals surface area contributed by atoms with Crippen molar-refractivity contribution < 1.29 is 48.3 Å². The summed E-state index contributed by atoms with van der Waals surface area (Å²) in [6, 6.07) is 31.8. The Hall–Kier alpha value is -7.76. The zero-order valence-electron chi connectivity index (χ0n) is 47.8. The highest BCUT2D eigenvalue weighted by molar-refractivity contribution is 6.33. The number of ether oxygens (including phenoxy) is 4. The predicted octanol–water partition coefficient (Wildman–Crippen LogP) is 12.9. The lowest BCUT2D eigenvalue weighted by molar-refractivity contribution is -0.203. The van der Waals surface area contributed by atoms with E-state index in [4.69, 9.17) is 18.9 Å². The Kier molecular flexibility index (Phi) is 11.3. The molecule has 10 heterocycles. The summed E-state index contributed by atoms with van der Waals surface area (Å²) in [4.78, 5) is 56.3. The number of methoxy groups -OCH3 is 2. The number of carbonyl (C=O) groups excluding carboxylic acids is 4. The van der Waals surface area contributed by atoms with Crippen molar-refractivity contribution in [1.29, 1.82) is 0 Å². The lowest BCUT2D eigenvalue weighted by atomic mass is 9.88. The van der Waals surface area contributed by atoms with E-state index >= 15 is 0 Å². The molecule has 0 radical (unpaired) electrons. The number of aliphatic hydroxyl groups is 2. The highest BCUT2D eigenvalue weighted by Crippen LogP contribution is 2.61. The number of hydrogen-bond donors (Lipinski definition) is 4. The van der Waals surface area contributed by atoms with Crippen LogP contribution in [0, 0.1) is 0 Å². The van der Waals surface area contributed by atoms with Crippen molar-refractivity contribution in [2.24, 2.45) is 0 Å². The van der Waals surface area contributed by atoms with Crippen LogP contribution in [0.2, 0.25) is 0 Å². The zero-order valence-corrected chi connectivity index (χ0v) is 47.8. The summed E-state index contributed by atoms with van der Waals surface area (Å²) < 4.78 is 32.7. The third-order valence-corrected chi connectivity index (χ3v) is 20.8. The van der Waals surface area contributed by atoms with Gasteiger partial charge in [-0.2, -0.15) is 0 Å². The molecule has 0 unspecified atom stereocenters. The summed E-state index contributed by atoms with van der Waals surface area (Å²) in [5.74, 6) is -1.63. The van der Waals surface area contributed by atoms with Crippen LogP contribution >= 0.6 is 0 Å². The van der Waals surface area contributed by atoms with E-state index in [1.807, 2.05) is 81.9 Å². The highest BCUT2D eigenvalue weighted by atomic mass is 16.6. The minimum Gasteiger partial charge on any atom is -0.467 e. The van der Waals surface area contributed by atoms with Crippen molar-refractivity contribution in [3.8, 4) is 0 Å². The quantitative estimate of drug-likeness (QED) is 0.0504. The van der Waals surface area contributed by atoms with Crippen LogP contribution in [-0.4, -0.2) is 77.7 Å². The van der Waals surface area contributed by atoms with Crippen molar-refractivity contribution >= 4 is 111 Å². The van der Waals surface area contributed by atoms with Crippen LogP contribution in [0.4, 0.5) is 0 Å². The number of benzene rings is 6. The van der Waals surface area contributed by atoms with Gasteiger partial charge >= 0.3 is 11.9 Å². The number of unbranched alkanes of at least 4 members (excludes halogenated alkanes) is 11. The molecule has 10 aromatic rings. The Morgan fingerprint density at radius 2 is 0.810 bits per heavy atom. The van der Waals surface area contributed by atoms with Crippen molar-refractivity contribution in [2.45, 2.75) is 164 Å². The smallest absolute Gasteiger partial charge is 0.343 e. The van der Waals surface area contributed by atoms with Gasteiger partial charge in [-0.15, -0.1) is 0 Å². The Morgan fingerprint density at radius 3 is 1.17 bits per heavy atom. The van der Waals surface area contributed by atoms with Gasteiger partial charge in [0.1, 0.15) is 12.5 Å². The summed E-state index contributed by atoms with van der Waals surface area (Å²) in [5.41, 5.74) is 3.21. The summed E-state index contributed by atoms with van der Waals surface area (Å²) in [5, 5.41) is 39.2. The summed E-state index contributed by atoms with van der Waals surface area (Å²) >= 11 is 0. The fourth-order valence-corrected chi connectivity index (χ4v) is 17.0. The Labute approximate surface area is 483 Å². The van der Waals surface area contributed by atoms with Gasteiger partial charge in [-0.25, -0.2) is 9.59 Å². The first-order valence-corrected chi connectivity index (χ1v) is 30.4. The maximum atomic E-state index is 14.5. The van der Waals surface area contributed by atoms with E-state index < -0.39 is 47.0 Å². The molecule has 2 amide bonds. The van der Waals surface area contributed by atoms with Crippen molar-refractivity contribution in [2.75, 3.05) is 14.2 Å². The van der Waals surface area contributed by atoms with Crippen LogP contribution in [0.5, 0.6) is 0 Å². The minimum absolute atomic E-state index is 0.0170. The molecule has 6 aromatic carbocycles. The molecule has 4 aromatic heterocycles. The van der Waals surface area contributed by atoms with Crippen LogP contribution in [0.3, 0.4) is 0 Å². The monoisotopic (exact) mass is 1130 g/mol. The molecule has 0 saturated carbocycles. The topological polar surface area (TPSA) is 189 Å². The fourth-order valence-electron chi connectivity index (χ4n) is 17.0. The molecule has 16 heteroatoms. The van der Waals surface area contributed by atoms with Gasteiger partial charge in [0.05, 0.1) is 81.6 Å². The van der Waals surface area contributed by atoms with E-state index in [9.17, 15) is 29.4 Å². The zero-order chi connectivity index (χ0) is 57.3. The minimum atomic E-state index is -1.99. The van der Waals surface area contributed by atoms with E-state index in [1.54, 1.807) is 13.8 Å². The van der Waals surface area contributed by atoms with Crippen LogP contribution in [0.15, 0.2) is 97.1 Å². The molecular formula is C68H68N6O10. The number of nitrogens with zero attached hydrogens (tertiary/aromatic N) is 4. The number of nitrogens with one attached hydrogen (secondary N) is 2. The third-order valence-electron chi connectivity index (χ3n) is 20.8. The molecule has 430 valence electrons. The number of aromatic nitrogens is 4. The van der Waals surface area contributed by atoms with Gasteiger partial charge in [0.25, 0.3) is 11.8 Å². The fraction of sp³-hybridized carbons (Fsp3) is 0.412. The molecule has 4 N–H and O–H groups in total. The van der Waals surface area contributed by atoms with Crippen LogP contribution in [0.25, 0.3) is 87.2 Å². The third kappa shape index (κ3) is 6.51. The lowest BCUT2D eigenvalue weighted by Crippen LogP contribution is -2.56.